The van der Waals surface area contributed by atoms with E-state index >= 15 is 0 Å². The van der Waals surface area contributed by atoms with Crippen LogP contribution < -0.4 is 0 Å². The fraction of sp³-hybridized carbons (Fsp3) is 0.571. The summed E-state index contributed by atoms with van der Waals surface area (Å²) in [6, 6.07) is 2.13. The molecule has 0 aromatic carbocycles. The molecule has 2 nitrogen and oxygen atoms in total. The van der Waals surface area contributed by atoms with E-state index in [1.165, 1.54) is 0 Å². The van der Waals surface area contributed by atoms with E-state index in [1.807, 2.05) is 0 Å². The third-order valence-corrected chi connectivity index (χ3v) is 1.44. The van der Waals surface area contributed by atoms with Crippen LogP contribution in [0.15, 0.2) is 12.2 Å². The maximum absolute atomic E-state index is 8.30. The molecule has 2 heteroatoms. The second-order valence-corrected chi connectivity index (χ2v) is 2.15. The molecule has 1 heterocycles. The lowest BCUT2D eigenvalue weighted by Crippen LogP contribution is -2.27. The van der Waals surface area contributed by atoms with Crippen LogP contribution in [-0.4, -0.2) is 24.5 Å². The predicted octanol–water partition coefficient (Wildman–Crippen LogP) is 0.772. The van der Waals surface area contributed by atoms with Crippen molar-refractivity contribution in [2.24, 2.45) is 0 Å². The Labute approximate surface area is 55.4 Å². The molecular formula is C7H10N2. The Morgan fingerprint density at radius 2 is 2.44 bits per heavy atom. The Hall–Kier alpha value is -0.810. The molecule has 48 valence electrons. The van der Waals surface area contributed by atoms with E-state index < -0.39 is 0 Å². The third kappa shape index (κ3) is 1.87. The van der Waals surface area contributed by atoms with Gasteiger partial charge in [0.15, 0.2) is 0 Å². The summed E-state index contributed by atoms with van der Waals surface area (Å²) in [5.74, 6) is 0. The van der Waals surface area contributed by atoms with Crippen molar-refractivity contribution in [1.29, 1.82) is 5.26 Å². The fourth-order valence-electron chi connectivity index (χ4n) is 0.933. The summed E-state index contributed by atoms with van der Waals surface area (Å²) in [6.07, 6.45) is 5.37. The first-order valence-corrected chi connectivity index (χ1v) is 3.18. The zero-order valence-electron chi connectivity index (χ0n) is 5.38. The predicted molar refractivity (Wildman–Crippen MR) is 35.8 cm³/mol. The Morgan fingerprint density at radius 1 is 1.56 bits per heavy atom. The molecule has 0 saturated carbocycles. The van der Waals surface area contributed by atoms with Crippen LogP contribution in [0.1, 0.15) is 6.42 Å². The van der Waals surface area contributed by atoms with Crippen molar-refractivity contribution in [1.82, 2.24) is 4.90 Å². The van der Waals surface area contributed by atoms with Gasteiger partial charge in [0, 0.05) is 13.1 Å². The molecule has 0 unspecified atom stereocenters. The molecular weight excluding hydrogens is 112 g/mol. The van der Waals surface area contributed by atoms with Gasteiger partial charge in [0.1, 0.15) is 0 Å². The van der Waals surface area contributed by atoms with Gasteiger partial charge in [-0.05, 0) is 6.42 Å². The van der Waals surface area contributed by atoms with E-state index in [-0.39, 0.29) is 0 Å². The molecule has 0 bridgehead atoms. The molecule has 0 aromatic rings. The largest absolute Gasteiger partial charge is 0.287 e. The summed E-state index contributed by atoms with van der Waals surface area (Å²) in [4.78, 5) is 2.12. The molecule has 0 aromatic heterocycles. The minimum Gasteiger partial charge on any atom is -0.287 e. The fourth-order valence-corrected chi connectivity index (χ4v) is 0.933. The number of rotatable bonds is 1. The normalized spacial score (nSPS) is 19.4. The van der Waals surface area contributed by atoms with Crippen LogP contribution in [0, 0.1) is 11.3 Å². The molecule has 0 fully saturated rings. The standard InChI is InChI=1S/C7H10N2/c8-4-7-9-5-2-1-3-6-9/h1-2H,3,5-7H2. The van der Waals surface area contributed by atoms with Crippen molar-refractivity contribution in [3.8, 4) is 6.07 Å². The van der Waals surface area contributed by atoms with Crippen molar-refractivity contribution < 1.29 is 0 Å². The van der Waals surface area contributed by atoms with Crippen LogP contribution in [0.2, 0.25) is 0 Å². The van der Waals surface area contributed by atoms with Crippen molar-refractivity contribution in [3.63, 3.8) is 0 Å². The zero-order chi connectivity index (χ0) is 6.53. The molecule has 0 amide bonds. The van der Waals surface area contributed by atoms with Crippen LogP contribution >= 0.6 is 0 Å². The van der Waals surface area contributed by atoms with Crippen LogP contribution in [0.5, 0.6) is 0 Å². The maximum atomic E-state index is 8.30. The quantitative estimate of drug-likeness (QED) is 0.379. The molecule has 9 heavy (non-hydrogen) atoms. The highest BCUT2D eigenvalue weighted by Crippen LogP contribution is 1.98. The van der Waals surface area contributed by atoms with Crippen molar-refractivity contribution in [2.45, 2.75) is 6.42 Å². The molecule has 0 atom stereocenters. The molecule has 0 aliphatic carbocycles. The third-order valence-electron chi connectivity index (χ3n) is 1.44. The Bertz CT molecular complexity index is 143. The van der Waals surface area contributed by atoms with Crippen molar-refractivity contribution >= 4 is 0 Å². The Morgan fingerprint density at radius 3 is 3.00 bits per heavy atom. The average Bonchev–Trinajstić information content (AvgIpc) is 1.91. The second kappa shape index (κ2) is 3.26. The summed E-state index contributed by atoms with van der Waals surface area (Å²) in [6.45, 7) is 2.57. The monoisotopic (exact) mass is 122 g/mol. The minimum absolute atomic E-state index is 0.574. The van der Waals surface area contributed by atoms with Gasteiger partial charge in [-0.3, -0.25) is 4.90 Å². The first-order valence-electron chi connectivity index (χ1n) is 3.18. The number of hydrogen-bond acceptors (Lipinski definition) is 2. The van der Waals surface area contributed by atoms with Gasteiger partial charge in [-0.1, -0.05) is 12.2 Å². The van der Waals surface area contributed by atoms with Crippen LogP contribution in [0.3, 0.4) is 0 Å². The Balaban J connectivity index is 2.28. The van der Waals surface area contributed by atoms with Crippen molar-refractivity contribution in [3.05, 3.63) is 12.2 Å². The summed E-state index contributed by atoms with van der Waals surface area (Å²) in [5, 5.41) is 8.30. The lowest BCUT2D eigenvalue weighted by atomic mass is 10.2. The topological polar surface area (TPSA) is 27.0 Å². The second-order valence-electron chi connectivity index (χ2n) is 2.15. The average molecular weight is 122 g/mol. The highest BCUT2D eigenvalue weighted by molar-refractivity contribution is 4.93. The zero-order valence-corrected chi connectivity index (χ0v) is 5.38. The molecule has 0 saturated heterocycles. The van der Waals surface area contributed by atoms with Crippen LogP contribution in [0.25, 0.3) is 0 Å². The van der Waals surface area contributed by atoms with E-state index in [0.29, 0.717) is 6.54 Å². The van der Waals surface area contributed by atoms with Gasteiger partial charge in [-0.2, -0.15) is 5.26 Å². The molecule has 1 rings (SSSR count). The molecule has 1 aliphatic heterocycles. The SMILES string of the molecule is N#CCN1CC=CCC1. The van der Waals surface area contributed by atoms with Gasteiger partial charge in [-0.15, -0.1) is 0 Å². The lowest BCUT2D eigenvalue weighted by molar-refractivity contribution is 0.334. The highest BCUT2D eigenvalue weighted by atomic mass is 15.1. The highest BCUT2D eigenvalue weighted by Gasteiger charge is 2.02. The van der Waals surface area contributed by atoms with Gasteiger partial charge in [0.2, 0.25) is 0 Å². The lowest BCUT2D eigenvalue weighted by Gasteiger charge is -2.18. The smallest absolute Gasteiger partial charge is 0.0868 e. The maximum Gasteiger partial charge on any atom is 0.0868 e. The summed E-state index contributed by atoms with van der Waals surface area (Å²) in [5.41, 5.74) is 0. The molecule has 0 spiro atoms. The summed E-state index contributed by atoms with van der Waals surface area (Å²) < 4.78 is 0. The number of nitrogens with zero attached hydrogens (tertiary/aromatic N) is 2. The molecule has 1 aliphatic rings. The molecule has 0 N–H and O–H groups in total. The van der Waals surface area contributed by atoms with E-state index in [4.69, 9.17) is 5.26 Å². The summed E-state index contributed by atoms with van der Waals surface area (Å²) >= 11 is 0. The van der Waals surface area contributed by atoms with Gasteiger partial charge >= 0.3 is 0 Å². The van der Waals surface area contributed by atoms with Gasteiger partial charge < -0.3 is 0 Å². The van der Waals surface area contributed by atoms with Crippen LogP contribution in [-0.2, 0) is 0 Å². The number of hydrogen-bond donors (Lipinski definition) is 0. The van der Waals surface area contributed by atoms with Crippen molar-refractivity contribution in [2.75, 3.05) is 19.6 Å². The first kappa shape index (κ1) is 6.31. The van der Waals surface area contributed by atoms with Gasteiger partial charge in [-0.25, -0.2) is 0 Å². The number of nitriles is 1. The minimum atomic E-state index is 0.574. The van der Waals surface area contributed by atoms with E-state index in [9.17, 15) is 0 Å². The Kier molecular flexibility index (Phi) is 2.29. The first-order chi connectivity index (χ1) is 4.43. The molecule has 0 radical (unpaired) electrons. The van der Waals surface area contributed by atoms with Gasteiger partial charge in [0.05, 0.1) is 12.6 Å². The van der Waals surface area contributed by atoms with Crippen LogP contribution in [0.4, 0.5) is 0 Å². The van der Waals surface area contributed by atoms with Gasteiger partial charge in [0.25, 0.3) is 0 Å². The van der Waals surface area contributed by atoms with E-state index in [0.717, 1.165) is 19.5 Å². The summed E-state index contributed by atoms with van der Waals surface area (Å²) in [7, 11) is 0. The van der Waals surface area contributed by atoms with E-state index in [1.54, 1.807) is 0 Å². The van der Waals surface area contributed by atoms with E-state index in [2.05, 4.69) is 23.1 Å².